The van der Waals surface area contributed by atoms with Gasteiger partial charge in [-0.25, -0.2) is 0 Å². The predicted octanol–water partition coefficient (Wildman–Crippen LogP) is 4.20. The summed E-state index contributed by atoms with van der Waals surface area (Å²) in [6.07, 6.45) is 1.72. The van der Waals surface area contributed by atoms with Crippen molar-refractivity contribution in [1.29, 1.82) is 0 Å². The Morgan fingerprint density at radius 1 is 1.16 bits per heavy atom. The summed E-state index contributed by atoms with van der Waals surface area (Å²) >= 11 is 4.65. The Bertz CT molecular complexity index is 1080. The van der Waals surface area contributed by atoms with E-state index in [-0.39, 0.29) is 24.1 Å². The van der Waals surface area contributed by atoms with Crippen molar-refractivity contribution in [3.63, 3.8) is 0 Å². The quantitative estimate of drug-likeness (QED) is 0.340. The Morgan fingerprint density at radius 2 is 1.90 bits per heavy atom. The standard InChI is InChI=1S/C22H22BrN5O2S/c1-3-12-28-19(13-24-21(30)18-7-5-4-6-15(18)2)26-27-22(28)31-14-20(29)25-17-10-8-16(23)9-11-17/h3-11H,1,12-14H2,2H3,(H,24,30)(H,25,29). The van der Waals surface area contributed by atoms with Crippen molar-refractivity contribution in [2.75, 3.05) is 11.1 Å². The molecule has 9 heteroatoms. The zero-order valence-corrected chi connectivity index (χ0v) is 19.4. The monoisotopic (exact) mass is 499 g/mol. The molecule has 31 heavy (non-hydrogen) atoms. The van der Waals surface area contributed by atoms with Crippen LogP contribution in [0.15, 0.2) is 70.8 Å². The number of hydrogen-bond donors (Lipinski definition) is 2. The van der Waals surface area contributed by atoms with Gasteiger partial charge in [0.2, 0.25) is 5.91 Å². The van der Waals surface area contributed by atoms with Crippen molar-refractivity contribution in [1.82, 2.24) is 20.1 Å². The molecule has 7 nitrogen and oxygen atoms in total. The van der Waals surface area contributed by atoms with Crippen LogP contribution in [0.3, 0.4) is 0 Å². The molecule has 0 unspecified atom stereocenters. The molecule has 0 spiro atoms. The van der Waals surface area contributed by atoms with E-state index in [1.165, 1.54) is 11.8 Å². The lowest BCUT2D eigenvalue weighted by Gasteiger charge is -2.10. The minimum absolute atomic E-state index is 0.144. The number of carbonyl (C=O) groups is 2. The third-order valence-electron chi connectivity index (χ3n) is 4.36. The number of benzene rings is 2. The zero-order valence-electron chi connectivity index (χ0n) is 17.0. The van der Waals surface area contributed by atoms with Crippen LogP contribution in [0, 0.1) is 6.92 Å². The first-order chi connectivity index (χ1) is 15.0. The third-order valence-corrected chi connectivity index (χ3v) is 5.86. The number of halogens is 1. The number of carbonyl (C=O) groups excluding carboxylic acids is 2. The largest absolute Gasteiger partial charge is 0.345 e. The highest BCUT2D eigenvalue weighted by molar-refractivity contribution is 9.10. The number of amides is 2. The van der Waals surface area contributed by atoms with Gasteiger partial charge in [0.25, 0.3) is 5.91 Å². The van der Waals surface area contributed by atoms with Crippen LogP contribution in [-0.2, 0) is 17.9 Å². The minimum Gasteiger partial charge on any atom is -0.345 e. The number of rotatable bonds is 9. The molecule has 0 bridgehead atoms. The van der Waals surface area contributed by atoms with Gasteiger partial charge in [-0.05, 0) is 42.8 Å². The number of anilines is 1. The Hall–Kier alpha value is -2.91. The first-order valence-electron chi connectivity index (χ1n) is 9.53. The molecule has 2 aromatic carbocycles. The van der Waals surface area contributed by atoms with Gasteiger partial charge in [0, 0.05) is 22.3 Å². The summed E-state index contributed by atoms with van der Waals surface area (Å²) in [5, 5.41) is 14.7. The summed E-state index contributed by atoms with van der Waals surface area (Å²) in [5.74, 6) is 0.461. The highest BCUT2D eigenvalue weighted by Gasteiger charge is 2.15. The van der Waals surface area contributed by atoms with Gasteiger partial charge in [0.1, 0.15) is 0 Å². The molecule has 0 atom stereocenters. The van der Waals surface area contributed by atoms with Gasteiger partial charge in [-0.3, -0.25) is 9.59 Å². The Balaban J connectivity index is 1.61. The fourth-order valence-corrected chi connectivity index (χ4v) is 3.84. The lowest BCUT2D eigenvalue weighted by atomic mass is 10.1. The van der Waals surface area contributed by atoms with Gasteiger partial charge in [0.05, 0.1) is 12.3 Å². The van der Waals surface area contributed by atoms with Gasteiger partial charge in [0.15, 0.2) is 11.0 Å². The molecule has 2 N–H and O–H groups in total. The molecule has 0 saturated heterocycles. The van der Waals surface area contributed by atoms with E-state index < -0.39 is 0 Å². The molecule has 2 amide bonds. The van der Waals surface area contributed by atoms with Crippen LogP contribution in [-0.4, -0.2) is 32.3 Å². The Labute approximate surface area is 193 Å². The number of thioether (sulfide) groups is 1. The van der Waals surface area contributed by atoms with Gasteiger partial charge in [-0.1, -0.05) is 52.0 Å². The van der Waals surface area contributed by atoms with Crippen molar-refractivity contribution in [3.8, 4) is 0 Å². The molecular formula is C22H22BrN5O2S. The topological polar surface area (TPSA) is 88.9 Å². The fourth-order valence-electron chi connectivity index (χ4n) is 2.81. The smallest absolute Gasteiger partial charge is 0.251 e. The summed E-state index contributed by atoms with van der Waals surface area (Å²) in [5.41, 5.74) is 2.25. The summed E-state index contributed by atoms with van der Waals surface area (Å²) < 4.78 is 2.78. The van der Waals surface area contributed by atoms with Crippen LogP contribution in [0.2, 0.25) is 0 Å². The van der Waals surface area contributed by atoms with E-state index in [2.05, 4.69) is 43.3 Å². The lowest BCUT2D eigenvalue weighted by molar-refractivity contribution is -0.113. The zero-order chi connectivity index (χ0) is 22.2. The van der Waals surface area contributed by atoms with Crippen LogP contribution in [0.1, 0.15) is 21.7 Å². The minimum atomic E-state index is -0.172. The van der Waals surface area contributed by atoms with Crippen molar-refractivity contribution in [2.24, 2.45) is 0 Å². The van der Waals surface area contributed by atoms with E-state index in [0.29, 0.717) is 23.1 Å². The number of nitrogens with zero attached hydrogens (tertiary/aromatic N) is 3. The van der Waals surface area contributed by atoms with Gasteiger partial charge >= 0.3 is 0 Å². The normalized spacial score (nSPS) is 10.5. The van der Waals surface area contributed by atoms with Gasteiger partial charge < -0.3 is 15.2 Å². The average Bonchev–Trinajstić information content (AvgIpc) is 3.14. The molecule has 0 aliphatic heterocycles. The SMILES string of the molecule is C=CCn1c(CNC(=O)c2ccccc2C)nnc1SCC(=O)Nc1ccc(Br)cc1. The van der Waals surface area contributed by atoms with E-state index >= 15 is 0 Å². The molecule has 1 heterocycles. The molecule has 160 valence electrons. The lowest BCUT2D eigenvalue weighted by Crippen LogP contribution is -2.25. The van der Waals surface area contributed by atoms with Crippen LogP contribution < -0.4 is 10.6 Å². The molecule has 3 rings (SSSR count). The van der Waals surface area contributed by atoms with Crippen molar-refractivity contribution in [3.05, 3.63) is 82.6 Å². The van der Waals surface area contributed by atoms with E-state index in [1.807, 2.05) is 54.0 Å². The summed E-state index contributed by atoms with van der Waals surface area (Å²) in [7, 11) is 0. The summed E-state index contributed by atoms with van der Waals surface area (Å²) in [6.45, 7) is 6.36. The number of nitrogens with one attached hydrogen (secondary N) is 2. The molecule has 0 saturated carbocycles. The number of allylic oxidation sites excluding steroid dienone is 1. The first kappa shape index (κ1) is 22.8. The van der Waals surface area contributed by atoms with E-state index in [4.69, 9.17) is 0 Å². The van der Waals surface area contributed by atoms with E-state index in [0.717, 1.165) is 15.7 Å². The van der Waals surface area contributed by atoms with Crippen molar-refractivity contribution >= 4 is 45.2 Å². The van der Waals surface area contributed by atoms with Crippen LogP contribution >= 0.6 is 27.7 Å². The van der Waals surface area contributed by atoms with E-state index in [9.17, 15) is 9.59 Å². The molecule has 3 aromatic rings. The maximum atomic E-state index is 12.5. The number of aromatic nitrogens is 3. The van der Waals surface area contributed by atoms with Gasteiger partial charge in [-0.15, -0.1) is 16.8 Å². The number of aryl methyl sites for hydroxylation is 1. The Morgan fingerprint density at radius 3 is 2.61 bits per heavy atom. The second-order valence-electron chi connectivity index (χ2n) is 6.64. The van der Waals surface area contributed by atoms with Crippen LogP contribution in [0.5, 0.6) is 0 Å². The summed E-state index contributed by atoms with van der Waals surface area (Å²) in [6, 6.07) is 14.8. The van der Waals surface area contributed by atoms with Crippen LogP contribution in [0.25, 0.3) is 0 Å². The maximum absolute atomic E-state index is 12.5. The molecule has 0 aliphatic rings. The Kier molecular flexibility index (Phi) is 8.02. The third kappa shape index (κ3) is 6.28. The second-order valence-corrected chi connectivity index (χ2v) is 8.50. The predicted molar refractivity (Wildman–Crippen MR) is 126 cm³/mol. The molecule has 0 radical (unpaired) electrons. The van der Waals surface area contributed by atoms with E-state index in [1.54, 1.807) is 12.1 Å². The van der Waals surface area contributed by atoms with Gasteiger partial charge in [-0.2, -0.15) is 0 Å². The maximum Gasteiger partial charge on any atom is 0.251 e. The molecule has 0 fully saturated rings. The number of hydrogen-bond acceptors (Lipinski definition) is 5. The fraction of sp³-hybridized carbons (Fsp3) is 0.182. The summed E-state index contributed by atoms with van der Waals surface area (Å²) in [4.78, 5) is 24.7. The molecule has 0 aliphatic carbocycles. The second kappa shape index (κ2) is 10.9. The van der Waals surface area contributed by atoms with Crippen LogP contribution in [0.4, 0.5) is 5.69 Å². The molecule has 1 aromatic heterocycles. The first-order valence-corrected chi connectivity index (χ1v) is 11.3. The average molecular weight is 500 g/mol. The van der Waals surface area contributed by atoms with Crippen molar-refractivity contribution in [2.45, 2.75) is 25.2 Å². The molecular weight excluding hydrogens is 478 g/mol. The highest BCUT2D eigenvalue weighted by Crippen LogP contribution is 2.19. The highest BCUT2D eigenvalue weighted by atomic mass is 79.9. The van der Waals surface area contributed by atoms with Crippen molar-refractivity contribution < 1.29 is 9.59 Å².